The monoisotopic (exact) mass is 226 g/mol. The van der Waals surface area contributed by atoms with Crippen molar-refractivity contribution in [2.75, 3.05) is 6.61 Å². The van der Waals surface area contributed by atoms with E-state index >= 15 is 0 Å². The summed E-state index contributed by atoms with van der Waals surface area (Å²) >= 11 is 0. The molecule has 0 aromatic heterocycles. The number of rotatable bonds is 4. The van der Waals surface area contributed by atoms with E-state index in [-0.39, 0.29) is 11.0 Å². The lowest BCUT2D eigenvalue weighted by molar-refractivity contribution is -0.0198. The molecule has 0 saturated carbocycles. The van der Waals surface area contributed by atoms with E-state index in [4.69, 9.17) is 4.74 Å². The Morgan fingerprint density at radius 3 is 1.69 bits per heavy atom. The Morgan fingerprint density at radius 1 is 0.812 bits per heavy atom. The van der Waals surface area contributed by atoms with Crippen molar-refractivity contribution in [1.82, 2.24) is 0 Å². The first-order valence-corrected chi connectivity index (χ1v) is 6.23. The first kappa shape index (κ1) is 15.7. The molecule has 0 radical (unpaired) electrons. The van der Waals surface area contributed by atoms with Crippen LogP contribution in [0.5, 0.6) is 0 Å². The molecule has 0 unspecified atom stereocenters. The molecule has 0 atom stereocenters. The third-order valence-corrected chi connectivity index (χ3v) is 2.13. The van der Waals surface area contributed by atoms with Gasteiger partial charge in [-0.2, -0.15) is 0 Å². The fourth-order valence-corrected chi connectivity index (χ4v) is 1.15. The maximum atomic E-state index is 5.92. The van der Waals surface area contributed by atoms with Gasteiger partial charge in [0, 0.05) is 0 Å². The van der Waals surface area contributed by atoms with Crippen LogP contribution in [0.2, 0.25) is 0 Å². The molecule has 0 aliphatic rings. The van der Waals surface area contributed by atoms with Crippen molar-refractivity contribution in [3.63, 3.8) is 0 Å². The maximum absolute atomic E-state index is 5.92. The topological polar surface area (TPSA) is 9.23 Å². The van der Waals surface area contributed by atoms with E-state index in [1.54, 1.807) is 0 Å². The fourth-order valence-electron chi connectivity index (χ4n) is 1.15. The zero-order chi connectivity index (χ0) is 13.0. The molecule has 0 aliphatic carbocycles. The van der Waals surface area contributed by atoms with E-state index in [1.165, 1.54) is 0 Å². The summed E-state index contributed by atoms with van der Waals surface area (Å²) in [4.78, 5) is 0. The van der Waals surface area contributed by atoms with Gasteiger partial charge in [0.25, 0.3) is 0 Å². The van der Waals surface area contributed by atoms with Crippen molar-refractivity contribution < 1.29 is 4.74 Å². The Bertz CT molecular complexity index is 223. The minimum atomic E-state index is -0.154. The summed E-state index contributed by atoms with van der Waals surface area (Å²) in [6.07, 6.45) is 5.52. The lowest BCUT2D eigenvalue weighted by atomic mass is 9.91. The van der Waals surface area contributed by atoms with E-state index in [0.29, 0.717) is 5.41 Å². The van der Waals surface area contributed by atoms with Crippen LogP contribution in [0.15, 0.2) is 12.2 Å². The van der Waals surface area contributed by atoms with E-state index in [9.17, 15) is 0 Å². The van der Waals surface area contributed by atoms with E-state index < -0.39 is 0 Å². The van der Waals surface area contributed by atoms with E-state index in [0.717, 1.165) is 13.0 Å². The van der Waals surface area contributed by atoms with Crippen LogP contribution in [0.1, 0.15) is 61.8 Å². The number of ether oxygens (including phenoxy) is 1. The van der Waals surface area contributed by atoms with Crippen molar-refractivity contribution >= 4 is 0 Å². The highest BCUT2D eigenvalue weighted by atomic mass is 16.5. The summed E-state index contributed by atoms with van der Waals surface area (Å²) in [6.45, 7) is 18.4. The zero-order valence-electron chi connectivity index (χ0n) is 12.5. The second kappa shape index (κ2) is 5.35. The van der Waals surface area contributed by atoms with Gasteiger partial charge in [0.05, 0.1) is 12.2 Å². The molecule has 0 aromatic rings. The molecule has 0 rings (SSSR count). The Hall–Kier alpha value is -0.300. The molecule has 0 spiro atoms. The minimum absolute atomic E-state index is 0.154. The zero-order valence-corrected chi connectivity index (χ0v) is 12.5. The molecule has 0 N–H and O–H groups in total. The predicted molar refractivity (Wildman–Crippen MR) is 72.7 cm³/mol. The maximum Gasteiger partial charge on any atom is 0.0806 e. The highest BCUT2D eigenvalue weighted by molar-refractivity contribution is 4.98. The second-order valence-electron chi connectivity index (χ2n) is 7.62. The van der Waals surface area contributed by atoms with Gasteiger partial charge in [-0.05, 0) is 31.1 Å². The molecule has 1 heteroatoms. The van der Waals surface area contributed by atoms with Crippen molar-refractivity contribution in [2.45, 2.75) is 67.4 Å². The summed E-state index contributed by atoms with van der Waals surface area (Å²) in [5.41, 5.74) is 0.435. The minimum Gasteiger partial charge on any atom is -0.371 e. The quantitative estimate of drug-likeness (QED) is 0.624. The molecule has 16 heavy (non-hydrogen) atoms. The number of allylic oxidation sites excluding steroid dienone is 1. The standard InChI is InChI=1S/C15H30O/c1-13(2,3)10-9-11-15(7,8)16-12-14(4,5)6/h9,11H,10,12H2,1-8H3/b11-9+. The molecule has 96 valence electrons. The smallest absolute Gasteiger partial charge is 0.0806 e. The number of hydrogen-bond donors (Lipinski definition) is 0. The Labute approximate surface area is 102 Å². The van der Waals surface area contributed by atoms with Crippen LogP contribution in [0, 0.1) is 10.8 Å². The summed E-state index contributed by atoms with van der Waals surface area (Å²) < 4.78 is 5.92. The highest BCUT2D eigenvalue weighted by Gasteiger charge is 2.19. The van der Waals surface area contributed by atoms with E-state index in [1.807, 2.05) is 0 Å². The van der Waals surface area contributed by atoms with Crippen LogP contribution < -0.4 is 0 Å². The van der Waals surface area contributed by atoms with Gasteiger partial charge in [-0.3, -0.25) is 0 Å². The largest absolute Gasteiger partial charge is 0.371 e. The van der Waals surface area contributed by atoms with Crippen LogP contribution in [0.4, 0.5) is 0 Å². The van der Waals surface area contributed by atoms with Gasteiger partial charge in [0.2, 0.25) is 0 Å². The third-order valence-electron chi connectivity index (χ3n) is 2.13. The summed E-state index contributed by atoms with van der Waals surface area (Å²) in [7, 11) is 0. The van der Waals surface area contributed by atoms with Crippen molar-refractivity contribution in [1.29, 1.82) is 0 Å². The lowest BCUT2D eigenvalue weighted by Crippen LogP contribution is -2.27. The van der Waals surface area contributed by atoms with Gasteiger partial charge in [-0.1, -0.05) is 53.7 Å². The van der Waals surface area contributed by atoms with Crippen LogP contribution in [0.25, 0.3) is 0 Å². The Morgan fingerprint density at radius 2 is 1.31 bits per heavy atom. The van der Waals surface area contributed by atoms with Crippen molar-refractivity contribution in [2.24, 2.45) is 10.8 Å². The Balaban J connectivity index is 4.14. The molecule has 0 amide bonds. The summed E-state index contributed by atoms with van der Waals surface area (Å²) in [6, 6.07) is 0. The molecule has 0 bridgehead atoms. The molecule has 0 fully saturated rings. The highest BCUT2D eigenvalue weighted by Crippen LogP contribution is 2.22. The summed E-state index contributed by atoms with van der Waals surface area (Å²) in [5, 5.41) is 0. The molecule has 0 saturated heterocycles. The molecular formula is C15H30O. The average molecular weight is 226 g/mol. The predicted octanol–water partition coefficient (Wildman–Crippen LogP) is 4.82. The second-order valence-corrected chi connectivity index (χ2v) is 7.62. The molecule has 0 aliphatic heterocycles. The van der Waals surface area contributed by atoms with Gasteiger partial charge in [-0.25, -0.2) is 0 Å². The van der Waals surface area contributed by atoms with Gasteiger partial charge < -0.3 is 4.74 Å². The van der Waals surface area contributed by atoms with Gasteiger partial charge in [-0.15, -0.1) is 0 Å². The Kier molecular flexibility index (Phi) is 5.25. The molecule has 1 nitrogen and oxygen atoms in total. The van der Waals surface area contributed by atoms with Crippen LogP contribution in [-0.4, -0.2) is 12.2 Å². The van der Waals surface area contributed by atoms with Gasteiger partial charge in [0.15, 0.2) is 0 Å². The summed E-state index contributed by atoms with van der Waals surface area (Å²) in [5.74, 6) is 0. The van der Waals surface area contributed by atoms with Gasteiger partial charge in [0.1, 0.15) is 0 Å². The SMILES string of the molecule is CC(C)(C)C/C=C/C(C)(C)OCC(C)(C)C. The van der Waals surface area contributed by atoms with Crippen molar-refractivity contribution in [3.8, 4) is 0 Å². The average Bonchev–Trinajstić information content (AvgIpc) is 1.97. The lowest BCUT2D eigenvalue weighted by Gasteiger charge is -2.27. The normalized spacial score (nSPS) is 14.8. The fraction of sp³-hybridized carbons (Fsp3) is 0.867. The first-order valence-electron chi connectivity index (χ1n) is 6.23. The van der Waals surface area contributed by atoms with Crippen LogP contribution >= 0.6 is 0 Å². The van der Waals surface area contributed by atoms with Crippen LogP contribution in [-0.2, 0) is 4.74 Å². The van der Waals surface area contributed by atoms with Gasteiger partial charge >= 0.3 is 0 Å². The van der Waals surface area contributed by atoms with Crippen molar-refractivity contribution in [3.05, 3.63) is 12.2 Å². The van der Waals surface area contributed by atoms with Crippen LogP contribution in [0.3, 0.4) is 0 Å². The molecule has 0 heterocycles. The molecule has 0 aromatic carbocycles. The van der Waals surface area contributed by atoms with E-state index in [2.05, 4.69) is 67.5 Å². The molecular weight excluding hydrogens is 196 g/mol. The first-order chi connectivity index (χ1) is 6.91. The number of hydrogen-bond acceptors (Lipinski definition) is 1. The third kappa shape index (κ3) is 10.2.